The van der Waals surface area contributed by atoms with E-state index in [-0.39, 0.29) is 12.1 Å². The molecule has 6 heteroatoms. The molecule has 0 saturated carbocycles. The van der Waals surface area contributed by atoms with Gasteiger partial charge in [-0.2, -0.15) is 0 Å². The molecule has 6 nitrogen and oxygen atoms in total. The standard InChI is InChI=1S/C11H15N3O3/c1-8-6-14(11-12-4-3-5-13-11)7-9(17-8)10(15)16-2/h3-5,8-9H,6-7H2,1-2H3/t8-,9?/m1/s1. The number of methoxy groups -OCH3 is 1. The van der Waals surface area contributed by atoms with Crippen LogP contribution in [0.25, 0.3) is 0 Å². The Morgan fingerprint density at radius 3 is 2.82 bits per heavy atom. The highest BCUT2D eigenvalue weighted by molar-refractivity contribution is 5.75. The zero-order valence-corrected chi connectivity index (χ0v) is 9.87. The van der Waals surface area contributed by atoms with E-state index in [0.29, 0.717) is 19.0 Å². The van der Waals surface area contributed by atoms with Gasteiger partial charge in [0.2, 0.25) is 5.95 Å². The van der Waals surface area contributed by atoms with Crippen LogP contribution in [0, 0.1) is 0 Å². The van der Waals surface area contributed by atoms with Crippen molar-refractivity contribution in [2.24, 2.45) is 0 Å². The topological polar surface area (TPSA) is 64.5 Å². The number of hydrogen-bond acceptors (Lipinski definition) is 6. The molecule has 1 aliphatic heterocycles. The molecule has 0 aliphatic carbocycles. The second kappa shape index (κ2) is 5.09. The van der Waals surface area contributed by atoms with Crippen molar-refractivity contribution in [1.29, 1.82) is 0 Å². The molecule has 0 bridgehead atoms. The van der Waals surface area contributed by atoms with Gasteiger partial charge in [0, 0.05) is 18.9 Å². The Morgan fingerprint density at radius 2 is 2.18 bits per heavy atom. The highest BCUT2D eigenvalue weighted by Crippen LogP contribution is 2.16. The van der Waals surface area contributed by atoms with Crippen LogP contribution in [0.5, 0.6) is 0 Å². The summed E-state index contributed by atoms with van der Waals surface area (Å²) in [6.45, 7) is 2.99. The Morgan fingerprint density at radius 1 is 1.47 bits per heavy atom. The average Bonchev–Trinajstić information content (AvgIpc) is 2.38. The van der Waals surface area contributed by atoms with E-state index < -0.39 is 6.10 Å². The molecule has 0 amide bonds. The molecule has 1 fully saturated rings. The van der Waals surface area contributed by atoms with Gasteiger partial charge in [-0.05, 0) is 13.0 Å². The van der Waals surface area contributed by atoms with Gasteiger partial charge in [0.25, 0.3) is 0 Å². The fourth-order valence-corrected chi connectivity index (χ4v) is 1.83. The fraction of sp³-hybridized carbons (Fsp3) is 0.545. The number of esters is 1. The monoisotopic (exact) mass is 237 g/mol. The number of hydrogen-bond donors (Lipinski definition) is 0. The lowest BCUT2D eigenvalue weighted by molar-refractivity contribution is -0.158. The van der Waals surface area contributed by atoms with Crippen LogP contribution in [0.3, 0.4) is 0 Å². The maximum atomic E-state index is 11.5. The summed E-state index contributed by atoms with van der Waals surface area (Å²) in [4.78, 5) is 21.7. The zero-order valence-electron chi connectivity index (χ0n) is 9.87. The zero-order chi connectivity index (χ0) is 12.3. The smallest absolute Gasteiger partial charge is 0.336 e. The summed E-state index contributed by atoms with van der Waals surface area (Å²) in [5, 5.41) is 0. The van der Waals surface area contributed by atoms with E-state index in [0.717, 1.165) is 0 Å². The minimum absolute atomic E-state index is 0.0587. The van der Waals surface area contributed by atoms with E-state index in [4.69, 9.17) is 9.47 Å². The lowest BCUT2D eigenvalue weighted by Gasteiger charge is -2.35. The first-order chi connectivity index (χ1) is 8.20. The molecule has 1 unspecified atom stereocenters. The van der Waals surface area contributed by atoms with Gasteiger partial charge >= 0.3 is 5.97 Å². The van der Waals surface area contributed by atoms with Crippen molar-refractivity contribution < 1.29 is 14.3 Å². The summed E-state index contributed by atoms with van der Waals surface area (Å²) < 4.78 is 10.2. The van der Waals surface area contributed by atoms with Crippen molar-refractivity contribution in [3.8, 4) is 0 Å². The van der Waals surface area contributed by atoms with Gasteiger partial charge < -0.3 is 14.4 Å². The third-order valence-corrected chi connectivity index (χ3v) is 2.56. The van der Waals surface area contributed by atoms with E-state index in [1.807, 2.05) is 11.8 Å². The highest BCUT2D eigenvalue weighted by Gasteiger charge is 2.32. The molecule has 92 valence electrons. The Hall–Kier alpha value is -1.69. The van der Waals surface area contributed by atoms with Gasteiger partial charge in [0.15, 0.2) is 6.10 Å². The lowest BCUT2D eigenvalue weighted by atomic mass is 10.2. The van der Waals surface area contributed by atoms with Crippen molar-refractivity contribution in [2.45, 2.75) is 19.1 Å². The fourth-order valence-electron chi connectivity index (χ4n) is 1.83. The first-order valence-electron chi connectivity index (χ1n) is 5.46. The quantitative estimate of drug-likeness (QED) is 0.687. The SMILES string of the molecule is COC(=O)C1CN(c2ncccn2)C[C@@H](C)O1. The molecule has 0 N–H and O–H groups in total. The third-order valence-electron chi connectivity index (χ3n) is 2.56. The van der Waals surface area contributed by atoms with E-state index in [1.54, 1.807) is 18.5 Å². The van der Waals surface area contributed by atoms with Crippen molar-refractivity contribution >= 4 is 11.9 Å². The van der Waals surface area contributed by atoms with E-state index in [9.17, 15) is 4.79 Å². The van der Waals surface area contributed by atoms with Gasteiger partial charge in [-0.3, -0.25) is 0 Å². The third kappa shape index (κ3) is 2.71. The molecule has 2 atom stereocenters. The molecule has 1 aromatic rings. The second-order valence-electron chi connectivity index (χ2n) is 3.91. The van der Waals surface area contributed by atoms with Crippen LogP contribution in [-0.4, -0.2) is 48.3 Å². The first-order valence-corrected chi connectivity index (χ1v) is 5.46. The number of rotatable bonds is 2. The molecule has 0 aromatic carbocycles. The van der Waals surface area contributed by atoms with E-state index in [1.165, 1.54) is 7.11 Å². The number of morpholine rings is 1. The minimum Gasteiger partial charge on any atom is -0.467 e. The van der Waals surface area contributed by atoms with Crippen LogP contribution in [0.2, 0.25) is 0 Å². The van der Waals surface area contributed by atoms with Gasteiger partial charge in [0.1, 0.15) is 0 Å². The number of ether oxygens (including phenoxy) is 2. The molecular weight excluding hydrogens is 222 g/mol. The molecular formula is C11H15N3O3. The van der Waals surface area contributed by atoms with Crippen molar-refractivity contribution in [3.05, 3.63) is 18.5 Å². The number of carbonyl (C=O) groups is 1. The summed E-state index contributed by atoms with van der Waals surface area (Å²) in [6.07, 6.45) is 2.72. The molecule has 2 rings (SSSR count). The van der Waals surface area contributed by atoms with E-state index in [2.05, 4.69) is 9.97 Å². The minimum atomic E-state index is -0.576. The van der Waals surface area contributed by atoms with Crippen LogP contribution in [0.1, 0.15) is 6.92 Å². The Bertz CT molecular complexity index is 385. The summed E-state index contributed by atoms with van der Waals surface area (Å²) in [5.74, 6) is 0.244. The summed E-state index contributed by atoms with van der Waals surface area (Å²) in [7, 11) is 1.36. The molecule has 0 radical (unpaired) electrons. The van der Waals surface area contributed by atoms with Gasteiger partial charge in [-0.15, -0.1) is 0 Å². The largest absolute Gasteiger partial charge is 0.467 e. The van der Waals surface area contributed by atoms with Gasteiger partial charge in [-0.25, -0.2) is 14.8 Å². The van der Waals surface area contributed by atoms with Gasteiger partial charge in [0.05, 0.1) is 19.8 Å². The van der Waals surface area contributed by atoms with Crippen molar-refractivity contribution in [1.82, 2.24) is 9.97 Å². The molecule has 0 spiro atoms. The van der Waals surface area contributed by atoms with Crippen LogP contribution >= 0.6 is 0 Å². The molecule has 1 saturated heterocycles. The Balaban J connectivity index is 2.11. The normalized spacial score (nSPS) is 24.5. The number of nitrogens with zero attached hydrogens (tertiary/aromatic N) is 3. The predicted molar refractivity (Wildman–Crippen MR) is 60.6 cm³/mol. The summed E-state index contributed by atoms with van der Waals surface area (Å²) >= 11 is 0. The molecule has 2 heterocycles. The summed E-state index contributed by atoms with van der Waals surface area (Å²) in [6, 6.07) is 1.76. The maximum absolute atomic E-state index is 11.5. The number of aromatic nitrogens is 2. The number of carbonyl (C=O) groups excluding carboxylic acids is 1. The predicted octanol–water partition coefficient (Wildman–Crippen LogP) is 0.243. The van der Waals surface area contributed by atoms with Crippen molar-refractivity contribution in [3.63, 3.8) is 0 Å². The van der Waals surface area contributed by atoms with E-state index >= 15 is 0 Å². The summed E-state index contributed by atoms with van der Waals surface area (Å²) in [5.41, 5.74) is 0. The average molecular weight is 237 g/mol. The molecule has 17 heavy (non-hydrogen) atoms. The maximum Gasteiger partial charge on any atom is 0.336 e. The highest BCUT2D eigenvalue weighted by atomic mass is 16.6. The molecule has 1 aromatic heterocycles. The Labute approximate surface area is 99.6 Å². The van der Waals surface area contributed by atoms with Crippen LogP contribution in [0.4, 0.5) is 5.95 Å². The lowest BCUT2D eigenvalue weighted by Crippen LogP contribution is -2.50. The van der Waals surface area contributed by atoms with Crippen LogP contribution in [-0.2, 0) is 14.3 Å². The second-order valence-corrected chi connectivity index (χ2v) is 3.91. The van der Waals surface area contributed by atoms with Crippen LogP contribution in [0.15, 0.2) is 18.5 Å². The van der Waals surface area contributed by atoms with Crippen LogP contribution < -0.4 is 4.90 Å². The first kappa shape index (κ1) is 11.8. The number of anilines is 1. The Kier molecular flexibility index (Phi) is 3.53. The molecule has 1 aliphatic rings. The van der Waals surface area contributed by atoms with Crippen molar-refractivity contribution in [2.75, 3.05) is 25.1 Å². The van der Waals surface area contributed by atoms with Gasteiger partial charge in [-0.1, -0.05) is 0 Å².